The Morgan fingerprint density at radius 1 is 1.00 bits per heavy atom. The molecule has 0 bridgehead atoms. The fourth-order valence-electron chi connectivity index (χ4n) is 5.71. The Hall–Kier alpha value is -3.42. The zero-order valence-corrected chi connectivity index (χ0v) is 24.2. The number of ketones is 1. The zero-order chi connectivity index (χ0) is 28.3. The molecule has 2 aliphatic rings. The van der Waals surface area contributed by atoms with Crippen LogP contribution in [0.2, 0.25) is 0 Å². The van der Waals surface area contributed by atoms with Crippen molar-refractivity contribution in [1.82, 2.24) is 9.88 Å². The number of carbonyl (C=O) groups is 1. The Morgan fingerprint density at radius 3 is 2.42 bits per heavy atom. The Morgan fingerprint density at radius 2 is 1.75 bits per heavy atom. The molecule has 2 aromatic carbocycles. The van der Waals surface area contributed by atoms with Crippen LogP contribution in [0.3, 0.4) is 0 Å². The van der Waals surface area contributed by atoms with E-state index in [0.717, 1.165) is 53.3 Å². The maximum atomic E-state index is 13.5. The number of benzene rings is 2. The average Bonchev–Trinajstić information content (AvgIpc) is 3.64. The number of fused-ring (bicyclic) bond motifs is 1. The second-order valence-electron chi connectivity index (χ2n) is 11.3. The molecule has 0 spiro atoms. The second-order valence-corrected chi connectivity index (χ2v) is 11.3. The molecule has 1 unspecified atom stereocenters. The number of carbonyl (C=O) groups excluding carboxylic acids is 1. The van der Waals surface area contributed by atoms with Gasteiger partial charge >= 0.3 is 0 Å². The molecule has 0 radical (unpaired) electrons. The Kier molecular flexibility index (Phi) is 8.43. The molecule has 7 nitrogen and oxygen atoms in total. The summed E-state index contributed by atoms with van der Waals surface area (Å²) in [5.74, 6) is 2.41. The predicted molar refractivity (Wildman–Crippen MR) is 154 cm³/mol. The summed E-state index contributed by atoms with van der Waals surface area (Å²) in [5, 5.41) is 0. The Balaban J connectivity index is 1.32. The number of methoxy groups -OCH3 is 1. The van der Waals surface area contributed by atoms with Gasteiger partial charge in [-0.1, -0.05) is 30.3 Å². The van der Waals surface area contributed by atoms with Gasteiger partial charge in [0.15, 0.2) is 11.5 Å². The summed E-state index contributed by atoms with van der Waals surface area (Å²) in [6.45, 7) is 10.4. The van der Waals surface area contributed by atoms with Gasteiger partial charge in [-0.25, -0.2) is 0 Å². The molecule has 5 rings (SSSR count). The van der Waals surface area contributed by atoms with Crippen molar-refractivity contribution in [2.24, 2.45) is 0 Å². The highest BCUT2D eigenvalue weighted by atomic mass is 16.7. The van der Waals surface area contributed by atoms with Crippen molar-refractivity contribution in [2.45, 2.75) is 70.6 Å². The van der Waals surface area contributed by atoms with Crippen LogP contribution in [0.4, 0.5) is 0 Å². The molecule has 40 heavy (non-hydrogen) atoms. The Labute approximate surface area is 237 Å². The number of nitrogens with zero attached hydrogens (tertiary/aromatic N) is 2. The van der Waals surface area contributed by atoms with E-state index in [-0.39, 0.29) is 25.1 Å². The van der Waals surface area contributed by atoms with Crippen LogP contribution in [0, 0.1) is 0 Å². The standard InChI is InChI=1S/C33H40N2O5/c1-22(2)35(23(3)4)16-17-38-32(27-8-6-7-9-28(27)37-5)24-10-12-26(34-20-24)19-31(36)33(14-15-33)25-11-13-29-30(18-25)40-21-39-29/h6-13,18,20,22-23,32H,14-17,19,21H2,1-5H3. The molecule has 1 aromatic heterocycles. The molecular formula is C33H40N2O5. The van der Waals surface area contributed by atoms with Crippen LogP contribution in [0.15, 0.2) is 60.8 Å². The van der Waals surface area contributed by atoms with E-state index >= 15 is 0 Å². The van der Waals surface area contributed by atoms with Crippen LogP contribution in [-0.4, -0.2) is 54.8 Å². The van der Waals surface area contributed by atoms with Crippen LogP contribution in [0.1, 0.15) is 69.0 Å². The molecule has 1 aliphatic heterocycles. The minimum Gasteiger partial charge on any atom is -0.496 e. The van der Waals surface area contributed by atoms with Gasteiger partial charge in [0.1, 0.15) is 17.6 Å². The first-order chi connectivity index (χ1) is 19.3. The van der Waals surface area contributed by atoms with Crippen molar-refractivity contribution in [1.29, 1.82) is 0 Å². The zero-order valence-electron chi connectivity index (χ0n) is 24.2. The molecule has 1 aliphatic carbocycles. The monoisotopic (exact) mass is 544 g/mol. The molecular weight excluding hydrogens is 504 g/mol. The van der Waals surface area contributed by atoms with Crippen molar-refractivity contribution in [3.8, 4) is 17.2 Å². The summed E-state index contributed by atoms with van der Waals surface area (Å²) in [4.78, 5) is 20.6. The molecule has 1 fully saturated rings. The first-order valence-corrected chi connectivity index (χ1v) is 14.2. The first kappa shape index (κ1) is 28.1. The summed E-state index contributed by atoms with van der Waals surface area (Å²) in [6.07, 6.45) is 3.47. The smallest absolute Gasteiger partial charge is 0.231 e. The topological polar surface area (TPSA) is 70.1 Å². The van der Waals surface area contributed by atoms with Gasteiger partial charge in [-0.3, -0.25) is 14.7 Å². The van der Waals surface area contributed by atoms with Gasteiger partial charge in [-0.2, -0.15) is 0 Å². The van der Waals surface area contributed by atoms with Crippen molar-refractivity contribution < 1.29 is 23.7 Å². The van der Waals surface area contributed by atoms with Crippen molar-refractivity contribution in [3.63, 3.8) is 0 Å². The van der Waals surface area contributed by atoms with E-state index in [9.17, 15) is 4.79 Å². The van der Waals surface area contributed by atoms with Gasteiger partial charge in [0, 0.05) is 48.1 Å². The quantitative estimate of drug-likeness (QED) is 0.266. The minimum atomic E-state index is -0.455. The van der Waals surface area contributed by atoms with Gasteiger partial charge in [0.2, 0.25) is 6.79 Å². The molecule has 2 heterocycles. The first-order valence-electron chi connectivity index (χ1n) is 14.2. The molecule has 0 N–H and O–H groups in total. The van der Waals surface area contributed by atoms with Crippen LogP contribution in [0.25, 0.3) is 0 Å². The normalized spacial score (nSPS) is 16.0. The summed E-state index contributed by atoms with van der Waals surface area (Å²) in [5.41, 5.74) is 3.18. The maximum Gasteiger partial charge on any atom is 0.231 e. The van der Waals surface area contributed by atoms with Gasteiger partial charge in [0.05, 0.1) is 19.1 Å². The van der Waals surface area contributed by atoms with Gasteiger partial charge in [-0.05, 0) is 70.4 Å². The van der Waals surface area contributed by atoms with E-state index in [1.165, 1.54) is 0 Å². The lowest BCUT2D eigenvalue weighted by molar-refractivity contribution is -0.120. The molecule has 7 heteroatoms. The van der Waals surface area contributed by atoms with E-state index in [2.05, 4.69) is 32.6 Å². The highest BCUT2D eigenvalue weighted by Crippen LogP contribution is 2.51. The van der Waals surface area contributed by atoms with E-state index in [1.54, 1.807) is 7.11 Å². The van der Waals surface area contributed by atoms with E-state index in [1.807, 2.05) is 60.8 Å². The summed E-state index contributed by atoms with van der Waals surface area (Å²) < 4.78 is 23.2. The summed E-state index contributed by atoms with van der Waals surface area (Å²) in [6, 6.07) is 18.6. The highest BCUT2D eigenvalue weighted by molar-refractivity contribution is 5.94. The van der Waals surface area contributed by atoms with E-state index in [0.29, 0.717) is 24.4 Å². The fraction of sp³-hybridized carbons (Fsp3) is 0.455. The van der Waals surface area contributed by atoms with Gasteiger partial charge in [0.25, 0.3) is 0 Å². The number of hydrogen-bond donors (Lipinski definition) is 0. The third-order valence-electron chi connectivity index (χ3n) is 8.08. The lowest BCUT2D eigenvalue weighted by Crippen LogP contribution is -2.39. The lowest BCUT2D eigenvalue weighted by atomic mass is 9.88. The van der Waals surface area contributed by atoms with Crippen LogP contribution >= 0.6 is 0 Å². The number of aromatic nitrogens is 1. The van der Waals surface area contributed by atoms with Crippen molar-refractivity contribution >= 4 is 5.78 Å². The van der Waals surface area contributed by atoms with Crippen molar-refractivity contribution in [2.75, 3.05) is 27.1 Å². The minimum absolute atomic E-state index is 0.187. The Bertz CT molecular complexity index is 1310. The third kappa shape index (κ3) is 5.86. The highest BCUT2D eigenvalue weighted by Gasteiger charge is 2.51. The summed E-state index contributed by atoms with van der Waals surface area (Å²) in [7, 11) is 1.68. The number of hydrogen-bond acceptors (Lipinski definition) is 7. The molecule has 1 atom stereocenters. The molecule has 3 aromatic rings. The van der Waals surface area contributed by atoms with Crippen molar-refractivity contribution in [3.05, 3.63) is 83.2 Å². The number of rotatable bonds is 13. The fourth-order valence-corrected chi connectivity index (χ4v) is 5.71. The second kappa shape index (κ2) is 12.0. The lowest BCUT2D eigenvalue weighted by Gasteiger charge is -2.31. The molecule has 0 amide bonds. The summed E-state index contributed by atoms with van der Waals surface area (Å²) >= 11 is 0. The van der Waals surface area contributed by atoms with Crippen LogP contribution in [0.5, 0.6) is 17.2 Å². The number of pyridine rings is 1. The SMILES string of the molecule is COc1ccccc1C(OCCN(C(C)C)C(C)C)c1ccc(CC(=O)C2(c3ccc4c(c3)OCO4)CC2)nc1. The van der Waals surface area contributed by atoms with Crippen LogP contribution < -0.4 is 14.2 Å². The van der Waals surface area contributed by atoms with E-state index in [4.69, 9.17) is 23.9 Å². The largest absolute Gasteiger partial charge is 0.496 e. The van der Waals surface area contributed by atoms with Gasteiger partial charge in [-0.15, -0.1) is 0 Å². The number of para-hydroxylation sites is 1. The molecule has 0 saturated heterocycles. The number of Topliss-reactive ketones (excluding diaryl/α,β-unsaturated/α-hetero) is 1. The van der Waals surface area contributed by atoms with E-state index < -0.39 is 5.41 Å². The van der Waals surface area contributed by atoms with Crippen LogP contribution in [-0.2, 0) is 21.4 Å². The third-order valence-corrected chi connectivity index (χ3v) is 8.08. The number of ether oxygens (including phenoxy) is 4. The average molecular weight is 545 g/mol. The van der Waals surface area contributed by atoms with Gasteiger partial charge < -0.3 is 18.9 Å². The predicted octanol–water partition coefficient (Wildman–Crippen LogP) is 5.89. The molecule has 212 valence electrons. The maximum absolute atomic E-state index is 13.5. The molecule has 1 saturated carbocycles.